The van der Waals surface area contributed by atoms with Crippen LogP contribution in [-0.4, -0.2) is 11.7 Å². The Kier molecular flexibility index (Phi) is 5.21. The molecule has 0 aliphatic rings. The molecule has 0 saturated carbocycles. The first-order valence-electron chi connectivity index (χ1n) is 6.37. The number of ether oxygens (including phenoxy) is 1. The van der Waals surface area contributed by atoms with Gasteiger partial charge in [0.1, 0.15) is 24.8 Å². The fourth-order valence-electron chi connectivity index (χ4n) is 1.81. The van der Waals surface area contributed by atoms with Gasteiger partial charge in [-0.3, -0.25) is 0 Å². The van der Waals surface area contributed by atoms with E-state index in [1.165, 1.54) is 6.07 Å². The van der Waals surface area contributed by atoms with Crippen LogP contribution >= 0.6 is 11.6 Å². The molecule has 2 nitrogen and oxygen atoms in total. The highest BCUT2D eigenvalue weighted by Gasteiger charge is 2.06. The maximum absolute atomic E-state index is 13.9. The minimum atomic E-state index is -0.383. The second-order valence-corrected chi connectivity index (χ2v) is 4.90. The monoisotopic (exact) mass is 304 g/mol. The summed E-state index contributed by atoms with van der Waals surface area (Å²) in [5.41, 5.74) is 1.86. The van der Waals surface area contributed by atoms with E-state index in [0.717, 1.165) is 5.56 Å². The summed E-state index contributed by atoms with van der Waals surface area (Å²) in [6.07, 6.45) is 0. The molecule has 2 aromatic rings. The molecule has 0 unspecified atom stereocenters. The van der Waals surface area contributed by atoms with E-state index in [-0.39, 0.29) is 19.0 Å². The third-order valence-corrected chi connectivity index (χ3v) is 3.12. The number of hydrogen-bond donors (Lipinski definition) is 1. The summed E-state index contributed by atoms with van der Waals surface area (Å²) in [7, 11) is 0. The van der Waals surface area contributed by atoms with E-state index in [1.807, 2.05) is 6.92 Å². The highest BCUT2D eigenvalue weighted by Crippen LogP contribution is 2.23. The molecule has 2 aromatic carbocycles. The Morgan fingerprint density at radius 2 is 2.05 bits per heavy atom. The van der Waals surface area contributed by atoms with Gasteiger partial charge in [-0.2, -0.15) is 0 Å². The highest BCUT2D eigenvalue weighted by molar-refractivity contribution is 6.30. The number of benzene rings is 2. The molecule has 108 valence electrons. The molecule has 0 aromatic heterocycles. The van der Waals surface area contributed by atoms with Crippen molar-refractivity contribution in [3.8, 4) is 17.6 Å². The Balaban J connectivity index is 2.09. The van der Waals surface area contributed by atoms with Crippen molar-refractivity contribution in [1.29, 1.82) is 0 Å². The summed E-state index contributed by atoms with van der Waals surface area (Å²) in [6, 6.07) is 9.93. The first kappa shape index (κ1) is 15.4. The predicted molar refractivity (Wildman–Crippen MR) is 80.9 cm³/mol. The van der Waals surface area contributed by atoms with Crippen LogP contribution in [0.5, 0.6) is 5.75 Å². The van der Waals surface area contributed by atoms with Gasteiger partial charge >= 0.3 is 0 Å². The molecule has 0 heterocycles. The third kappa shape index (κ3) is 4.22. The van der Waals surface area contributed by atoms with Crippen LogP contribution in [0.2, 0.25) is 5.02 Å². The molecule has 0 aliphatic heterocycles. The first-order chi connectivity index (χ1) is 10.1. The van der Waals surface area contributed by atoms with E-state index in [1.54, 1.807) is 30.3 Å². The van der Waals surface area contributed by atoms with Crippen molar-refractivity contribution in [2.75, 3.05) is 6.61 Å². The summed E-state index contributed by atoms with van der Waals surface area (Å²) >= 11 is 5.87. The van der Waals surface area contributed by atoms with Crippen molar-refractivity contribution < 1.29 is 14.2 Å². The van der Waals surface area contributed by atoms with E-state index in [4.69, 9.17) is 21.4 Å². The van der Waals surface area contributed by atoms with Crippen LogP contribution in [-0.2, 0) is 6.61 Å². The SMILES string of the molecule is Cc1cc(Cl)ccc1OCc1ccc(C#CCO)cc1F. The Hall–Kier alpha value is -2.02. The fourth-order valence-corrected chi connectivity index (χ4v) is 2.04. The molecule has 0 radical (unpaired) electrons. The van der Waals surface area contributed by atoms with E-state index in [9.17, 15) is 4.39 Å². The number of aryl methyl sites for hydroxylation is 1. The molecule has 0 saturated heterocycles. The second kappa shape index (κ2) is 7.12. The Morgan fingerprint density at radius 1 is 1.24 bits per heavy atom. The number of halogens is 2. The molecule has 0 bridgehead atoms. The van der Waals surface area contributed by atoms with Gasteiger partial charge in [0.2, 0.25) is 0 Å². The van der Waals surface area contributed by atoms with E-state index >= 15 is 0 Å². The third-order valence-electron chi connectivity index (χ3n) is 2.89. The van der Waals surface area contributed by atoms with E-state index in [2.05, 4.69) is 11.8 Å². The van der Waals surface area contributed by atoms with Crippen LogP contribution in [0.15, 0.2) is 36.4 Å². The van der Waals surface area contributed by atoms with Crippen molar-refractivity contribution in [2.45, 2.75) is 13.5 Å². The van der Waals surface area contributed by atoms with Crippen molar-refractivity contribution in [3.05, 3.63) is 63.9 Å². The first-order valence-corrected chi connectivity index (χ1v) is 6.75. The van der Waals surface area contributed by atoms with E-state index < -0.39 is 0 Å². The summed E-state index contributed by atoms with van der Waals surface area (Å²) in [4.78, 5) is 0. The molecule has 4 heteroatoms. The van der Waals surface area contributed by atoms with Crippen molar-refractivity contribution in [2.24, 2.45) is 0 Å². The lowest BCUT2D eigenvalue weighted by Crippen LogP contribution is -2.00. The summed E-state index contributed by atoms with van der Waals surface area (Å²) < 4.78 is 19.5. The van der Waals surface area contributed by atoms with Crippen LogP contribution in [0.4, 0.5) is 4.39 Å². The Morgan fingerprint density at radius 3 is 2.71 bits per heavy atom. The molecule has 0 amide bonds. The van der Waals surface area contributed by atoms with Crippen LogP contribution in [0.1, 0.15) is 16.7 Å². The minimum Gasteiger partial charge on any atom is -0.489 e. The molecule has 0 fully saturated rings. The van der Waals surface area contributed by atoms with Gasteiger partial charge in [0.25, 0.3) is 0 Å². The zero-order chi connectivity index (χ0) is 15.2. The van der Waals surface area contributed by atoms with Gasteiger partial charge in [0.05, 0.1) is 0 Å². The zero-order valence-corrected chi connectivity index (χ0v) is 12.2. The average molecular weight is 305 g/mol. The van der Waals surface area contributed by atoms with Crippen LogP contribution in [0.3, 0.4) is 0 Å². The standard InChI is InChI=1S/C17H14ClFO2/c1-12-9-15(18)6-7-17(12)21-11-14-5-4-13(3-2-8-20)10-16(14)19/h4-7,9-10,20H,8,11H2,1H3. The van der Waals surface area contributed by atoms with Crippen LogP contribution < -0.4 is 4.74 Å². The van der Waals surface area contributed by atoms with Crippen molar-refractivity contribution >= 4 is 11.6 Å². The van der Waals surface area contributed by atoms with E-state index in [0.29, 0.717) is 21.9 Å². The summed E-state index contributed by atoms with van der Waals surface area (Å²) in [5.74, 6) is 5.42. The number of aliphatic hydroxyl groups excluding tert-OH is 1. The lowest BCUT2D eigenvalue weighted by Gasteiger charge is -2.10. The lowest BCUT2D eigenvalue weighted by molar-refractivity contribution is 0.298. The zero-order valence-electron chi connectivity index (χ0n) is 11.5. The van der Waals surface area contributed by atoms with Gasteiger partial charge in [-0.25, -0.2) is 4.39 Å². The Labute approximate surface area is 128 Å². The molecule has 0 spiro atoms. The van der Waals surface area contributed by atoms with Gasteiger partial charge in [-0.05, 0) is 42.8 Å². The molecular formula is C17H14ClFO2. The molecule has 21 heavy (non-hydrogen) atoms. The van der Waals surface area contributed by atoms with Gasteiger partial charge in [0, 0.05) is 16.1 Å². The largest absolute Gasteiger partial charge is 0.489 e. The van der Waals surface area contributed by atoms with Crippen molar-refractivity contribution in [3.63, 3.8) is 0 Å². The maximum atomic E-state index is 13.9. The highest BCUT2D eigenvalue weighted by atomic mass is 35.5. The van der Waals surface area contributed by atoms with Gasteiger partial charge < -0.3 is 9.84 Å². The van der Waals surface area contributed by atoms with Crippen molar-refractivity contribution in [1.82, 2.24) is 0 Å². The topological polar surface area (TPSA) is 29.5 Å². The molecule has 2 rings (SSSR count). The summed E-state index contributed by atoms with van der Waals surface area (Å²) in [6.45, 7) is 1.76. The normalized spacial score (nSPS) is 9.90. The smallest absolute Gasteiger partial charge is 0.131 e. The Bertz CT molecular complexity index is 702. The fraction of sp³-hybridized carbons (Fsp3) is 0.176. The predicted octanol–water partition coefficient (Wildman–Crippen LogP) is 3.71. The quantitative estimate of drug-likeness (QED) is 0.876. The minimum absolute atomic E-state index is 0.127. The van der Waals surface area contributed by atoms with Gasteiger partial charge in [-0.15, -0.1) is 0 Å². The van der Waals surface area contributed by atoms with Gasteiger partial charge in [0.15, 0.2) is 0 Å². The molecule has 0 aliphatic carbocycles. The van der Waals surface area contributed by atoms with Gasteiger partial charge in [-0.1, -0.05) is 29.5 Å². The number of rotatable bonds is 3. The lowest BCUT2D eigenvalue weighted by atomic mass is 10.1. The molecule has 1 N–H and O–H groups in total. The molecular weight excluding hydrogens is 291 g/mol. The maximum Gasteiger partial charge on any atom is 0.131 e. The average Bonchev–Trinajstić information content (AvgIpc) is 2.45. The number of hydrogen-bond acceptors (Lipinski definition) is 2. The van der Waals surface area contributed by atoms with Crippen LogP contribution in [0, 0.1) is 24.6 Å². The van der Waals surface area contributed by atoms with Crippen LogP contribution in [0.25, 0.3) is 0 Å². The molecule has 0 atom stereocenters. The number of aliphatic hydroxyl groups is 1. The second-order valence-electron chi connectivity index (χ2n) is 4.46. The summed E-state index contributed by atoms with van der Waals surface area (Å²) in [5, 5.41) is 9.25.